The van der Waals surface area contributed by atoms with Crippen LogP contribution in [0, 0.1) is 0 Å². The molecule has 2 aromatic carbocycles. The van der Waals surface area contributed by atoms with Gasteiger partial charge in [-0.3, -0.25) is 4.79 Å². The molecule has 0 amide bonds. The number of anilines is 1. The first-order chi connectivity index (χ1) is 10.3. The average Bonchev–Trinajstić information content (AvgIpc) is 2.56. The molecular formula is C18H20N2O. The molecule has 3 heteroatoms. The second-order valence-electron chi connectivity index (χ2n) is 5.55. The Morgan fingerprint density at radius 1 is 0.952 bits per heavy atom. The second-order valence-corrected chi connectivity index (χ2v) is 5.55. The van der Waals surface area contributed by atoms with Crippen molar-refractivity contribution in [2.75, 3.05) is 38.1 Å². The van der Waals surface area contributed by atoms with Crippen LogP contribution in [-0.4, -0.2) is 44.4 Å². The van der Waals surface area contributed by atoms with E-state index < -0.39 is 0 Å². The van der Waals surface area contributed by atoms with Crippen molar-refractivity contribution in [2.24, 2.45) is 0 Å². The first-order valence-electron chi connectivity index (χ1n) is 7.36. The highest BCUT2D eigenvalue weighted by molar-refractivity contribution is 5.89. The Hall–Kier alpha value is -2.13. The summed E-state index contributed by atoms with van der Waals surface area (Å²) in [5.41, 5.74) is 4.00. The summed E-state index contributed by atoms with van der Waals surface area (Å²) in [6.45, 7) is 4.16. The van der Waals surface area contributed by atoms with E-state index in [9.17, 15) is 4.79 Å². The first-order valence-corrected chi connectivity index (χ1v) is 7.36. The predicted octanol–water partition coefficient (Wildman–Crippen LogP) is 2.92. The van der Waals surface area contributed by atoms with Gasteiger partial charge in [-0.05, 0) is 30.3 Å². The van der Waals surface area contributed by atoms with Crippen LogP contribution in [0.25, 0.3) is 11.1 Å². The molecule has 1 aliphatic heterocycles. The number of rotatable bonds is 3. The van der Waals surface area contributed by atoms with Crippen LogP contribution < -0.4 is 4.90 Å². The fraction of sp³-hybridized carbons (Fsp3) is 0.278. The summed E-state index contributed by atoms with van der Waals surface area (Å²) < 4.78 is 0. The van der Waals surface area contributed by atoms with Gasteiger partial charge in [0.25, 0.3) is 0 Å². The number of likely N-dealkylation sites (N-methyl/N-ethyl adjacent to an activating group) is 1. The molecule has 0 aromatic heterocycles. The van der Waals surface area contributed by atoms with Gasteiger partial charge in [0.15, 0.2) is 6.29 Å². The van der Waals surface area contributed by atoms with Crippen molar-refractivity contribution >= 4 is 12.0 Å². The summed E-state index contributed by atoms with van der Waals surface area (Å²) in [5.74, 6) is 0. The Morgan fingerprint density at radius 2 is 1.67 bits per heavy atom. The van der Waals surface area contributed by atoms with Crippen molar-refractivity contribution in [1.82, 2.24) is 4.90 Å². The van der Waals surface area contributed by atoms with E-state index in [0.717, 1.165) is 54.8 Å². The SMILES string of the molecule is CN1CCN(c2ccc(-c3ccccc3)c(C=O)c2)CC1. The van der Waals surface area contributed by atoms with Gasteiger partial charge in [-0.15, -0.1) is 0 Å². The van der Waals surface area contributed by atoms with E-state index in [4.69, 9.17) is 0 Å². The molecule has 0 N–H and O–H groups in total. The van der Waals surface area contributed by atoms with E-state index in [-0.39, 0.29) is 0 Å². The Bertz CT molecular complexity index is 616. The van der Waals surface area contributed by atoms with Crippen molar-refractivity contribution in [3.8, 4) is 11.1 Å². The van der Waals surface area contributed by atoms with E-state index in [2.05, 4.69) is 29.0 Å². The smallest absolute Gasteiger partial charge is 0.150 e. The zero-order chi connectivity index (χ0) is 14.7. The fourth-order valence-corrected chi connectivity index (χ4v) is 2.79. The number of carbonyl (C=O) groups excluding carboxylic acids is 1. The Labute approximate surface area is 125 Å². The van der Waals surface area contributed by atoms with Crippen LogP contribution in [-0.2, 0) is 0 Å². The van der Waals surface area contributed by atoms with Crippen molar-refractivity contribution < 1.29 is 4.79 Å². The summed E-state index contributed by atoms with van der Waals surface area (Å²) >= 11 is 0. The Morgan fingerprint density at radius 3 is 2.33 bits per heavy atom. The molecule has 1 heterocycles. The predicted molar refractivity (Wildman–Crippen MR) is 87.0 cm³/mol. The topological polar surface area (TPSA) is 23.6 Å². The van der Waals surface area contributed by atoms with Crippen LogP contribution in [0.4, 0.5) is 5.69 Å². The number of nitrogens with zero attached hydrogens (tertiary/aromatic N) is 2. The molecule has 1 aliphatic rings. The van der Waals surface area contributed by atoms with Crippen molar-refractivity contribution in [2.45, 2.75) is 0 Å². The third-order valence-corrected chi connectivity index (χ3v) is 4.12. The Balaban J connectivity index is 1.91. The van der Waals surface area contributed by atoms with Crippen molar-refractivity contribution in [3.63, 3.8) is 0 Å². The quantitative estimate of drug-likeness (QED) is 0.808. The lowest BCUT2D eigenvalue weighted by molar-refractivity contribution is 0.112. The summed E-state index contributed by atoms with van der Waals surface area (Å²) in [6, 6.07) is 16.3. The minimum absolute atomic E-state index is 0.762. The molecule has 0 radical (unpaired) electrons. The molecule has 0 aliphatic carbocycles. The number of carbonyl (C=O) groups is 1. The zero-order valence-corrected chi connectivity index (χ0v) is 12.3. The van der Waals surface area contributed by atoms with Crippen LogP contribution in [0.1, 0.15) is 10.4 Å². The first kappa shape index (κ1) is 13.8. The highest BCUT2D eigenvalue weighted by Gasteiger charge is 2.15. The van der Waals surface area contributed by atoms with Crippen molar-refractivity contribution in [3.05, 3.63) is 54.1 Å². The summed E-state index contributed by atoms with van der Waals surface area (Å²) in [5, 5.41) is 0. The maximum atomic E-state index is 11.5. The van der Waals surface area contributed by atoms with E-state index in [1.807, 2.05) is 36.4 Å². The van der Waals surface area contributed by atoms with Crippen LogP contribution >= 0.6 is 0 Å². The fourth-order valence-electron chi connectivity index (χ4n) is 2.79. The van der Waals surface area contributed by atoms with E-state index in [1.54, 1.807) is 0 Å². The number of hydrogen-bond acceptors (Lipinski definition) is 3. The molecule has 21 heavy (non-hydrogen) atoms. The van der Waals surface area contributed by atoms with Gasteiger partial charge in [-0.2, -0.15) is 0 Å². The lowest BCUT2D eigenvalue weighted by Crippen LogP contribution is -2.44. The highest BCUT2D eigenvalue weighted by atomic mass is 16.1. The monoisotopic (exact) mass is 280 g/mol. The van der Waals surface area contributed by atoms with Gasteiger partial charge in [-0.1, -0.05) is 36.4 Å². The normalized spacial score (nSPS) is 16.0. The molecule has 108 valence electrons. The van der Waals surface area contributed by atoms with Crippen LogP contribution in [0.3, 0.4) is 0 Å². The minimum Gasteiger partial charge on any atom is -0.369 e. The highest BCUT2D eigenvalue weighted by Crippen LogP contribution is 2.27. The number of benzene rings is 2. The van der Waals surface area contributed by atoms with Gasteiger partial charge in [0.05, 0.1) is 0 Å². The third kappa shape index (κ3) is 2.98. The third-order valence-electron chi connectivity index (χ3n) is 4.12. The van der Waals surface area contributed by atoms with E-state index in [0.29, 0.717) is 0 Å². The summed E-state index contributed by atoms with van der Waals surface area (Å²) in [4.78, 5) is 16.1. The van der Waals surface area contributed by atoms with Crippen LogP contribution in [0.5, 0.6) is 0 Å². The largest absolute Gasteiger partial charge is 0.369 e. The van der Waals surface area contributed by atoms with Gasteiger partial charge in [0, 0.05) is 37.4 Å². The molecule has 0 bridgehead atoms. The molecule has 0 atom stereocenters. The molecule has 0 spiro atoms. The maximum Gasteiger partial charge on any atom is 0.150 e. The minimum atomic E-state index is 0.762. The van der Waals surface area contributed by atoms with Gasteiger partial charge >= 0.3 is 0 Å². The molecule has 2 aromatic rings. The summed E-state index contributed by atoms with van der Waals surface area (Å²) in [7, 11) is 2.15. The van der Waals surface area contributed by atoms with E-state index in [1.165, 1.54) is 0 Å². The van der Waals surface area contributed by atoms with Gasteiger partial charge in [-0.25, -0.2) is 0 Å². The van der Waals surface area contributed by atoms with Gasteiger partial charge < -0.3 is 9.80 Å². The lowest BCUT2D eigenvalue weighted by atomic mass is 9.99. The number of aldehydes is 1. The average molecular weight is 280 g/mol. The standard InChI is InChI=1S/C18H20N2O/c1-19-9-11-20(12-10-19)17-7-8-18(16(13-17)14-21)15-5-3-2-4-6-15/h2-8,13-14H,9-12H2,1H3. The number of hydrogen-bond donors (Lipinski definition) is 0. The Kier molecular flexibility index (Phi) is 4.02. The second kappa shape index (κ2) is 6.10. The van der Waals surface area contributed by atoms with Crippen LogP contribution in [0.2, 0.25) is 0 Å². The molecule has 0 unspecified atom stereocenters. The van der Waals surface area contributed by atoms with E-state index >= 15 is 0 Å². The molecule has 3 rings (SSSR count). The zero-order valence-electron chi connectivity index (χ0n) is 12.3. The molecule has 1 fully saturated rings. The lowest BCUT2D eigenvalue weighted by Gasteiger charge is -2.34. The molecule has 0 saturated carbocycles. The number of piperazine rings is 1. The maximum absolute atomic E-state index is 11.5. The van der Waals surface area contributed by atoms with Crippen LogP contribution in [0.15, 0.2) is 48.5 Å². The molecular weight excluding hydrogens is 260 g/mol. The van der Waals surface area contributed by atoms with Crippen molar-refractivity contribution in [1.29, 1.82) is 0 Å². The molecule has 1 saturated heterocycles. The van der Waals surface area contributed by atoms with Gasteiger partial charge in [0.1, 0.15) is 0 Å². The summed E-state index contributed by atoms with van der Waals surface area (Å²) in [6.07, 6.45) is 0.960. The van der Waals surface area contributed by atoms with Gasteiger partial charge in [0.2, 0.25) is 0 Å². The molecule has 3 nitrogen and oxygen atoms in total.